The Morgan fingerprint density at radius 3 is 2.24 bits per heavy atom. The first-order valence-corrected chi connectivity index (χ1v) is 6.61. The van der Waals surface area contributed by atoms with Gasteiger partial charge in [-0.05, 0) is 36.6 Å². The van der Waals surface area contributed by atoms with Crippen LogP contribution in [0.15, 0.2) is 24.3 Å². The van der Waals surface area contributed by atoms with Gasteiger partial charge in [-0.15, -0.1) is 0 Å². The Hall–Kier alpha value is -2.24. The van der Waals surface area contributed by atoms with Gasteiger partial charge in [0.15, 0.2) is 0 Å². The van der Waals surface area contributed by atoms with Crippen LogP contribution in [0.1, 0.15) is 18.4 Å². The minimum Gasteiger partial charge on any atom is -0.481 e. The van der Waals surface area contributed by atoms with E-state index in [1.54, 1.807) is 0 Å². The second kappa shape index (κ2) is 6.47. The van der Waals surface area contributed by atoms with Crippen LogP contribution in [0.3, 0.4) is 0 Å². The number of halogens is 2. The minimum absolute atomic E-state index is 0.265. The van der Waals surface area contributed by atoms with Crippen LogP contribution in [0.25, 0.3) is 6.08 Å². The van der Waals surface area contributed by atoms with Crippen molar-refractivity contribution in [2.24, 2.45) is 5.92 Å². The quantitative estimate of drug-likeness (QED) is 0.871. The molecule has 0 aliphatic carbocycles. The second-order valence-electron chi connectivity index (χ2n) is 4.97. The molecule has 1 heterocycles. The van der Waals surface area contributed by atoms with E-state index in [2.05, 4.69) is 0 Å². The molecule has 1 aromatic carbocycles. The zero-order valence-electron chi connectivity index (χ0n) is 11.3. The molecule has 6 heteroatoms. The smallest absolute Gasteiger partial charge is 0.306 e. The molecule has 1 aliphatic heterocycles. The number of carboxylic acid groups (broad SMARTS) is 1. The summed E-state index contributed by atoms with van der Waals surface area (Å²) in [6.07, 6.45) is 3.43. The molecule has 0 atom stereocenters. The number of rotatable bonds is 3. The van der Waals surface area contributed by atoms with Crippen LogP contribution in [0.2, 0.25) is 0 Å². The van der Waals surface area contributed by atoms with E-state index < -0.39 is 23.5 Å². The first-order chi connectivity index (χ1) is 9.95. The van der Waals surface area contributed by atoms with Crippen molar-refractivity contribution < 1.29 is 23.5 Å². The number of carbonyl (C=O) groups is 2. The number of carboxylic acids is 1. The number of nitrogens with zero attached hydrogens (tertiary/aromatic N) is 1. The number of hydrogen-bond acceptors (Lipinski definition) is 2. The zero-order valence-corrected chi connectivity index (χ0v) is 11.3. The lowest BCUT2D eigenvalue weighted by Gasteiger charge is -2.29. The molecule has 0 radical (unpaired) electrons. The molecule has 1 fully saturated rings. The van der Waals surface area contributed by atoms with Gasteiger partial charge in [0.1, 0.15) is 11.6 Å². The van der Waals surface area contributed by atoms with Crippen molar-refractivity contribution in [3.63, 3.8) is 0 Å². The molecule has 21 heavy (non-hydrogen) atoms. The Kier molecular flexibility index (Phi) is 4.67. The number of amides is 1. The number of piperidine rings is 1. The maximum Gasteiger partial charge on any atom is 0.306 e. The van der Waals surface area contributed by atoms with Crippen molar-refractivity contribution in [1.82, 2.24) is 4.90 Å². The highest BCUT2D eigenvalue weighted by atomic mass is 19.1. The molecule has 4 nitrogen and oxygen atoms in total. The SMILES string of the molecule is O=C(O)C1CCN(C(=O)/C=C/c2cc(F)cc(F)c2)CC1. The lowest BCUT2D eigenvalue weighted by molar-refractivity contribution is -0.144. The van der Waals surface area contributed by atoms with Gasteiger partial charge in [-0.1, -0.05) is 0 Å². The topological polar surface area (TPSA) is 57.6 Å². The summed E-state index contributed by atoms with van der Waals surface area (Å²) < 4.78 is 26.0. The van der Waals surface area contributed by atoms with Crippen molar-refractivity contribution >= 4 is 18.0 Å². The van der Waals surface area contributed by atoms with Gasteiger partial charge in [-0.25, -0.2) is 8.78 Å². The Morgan fingerprint density at radius 1 is 1.14 bits per heavy atom. The summed E-state index contributed by atoms with van der Waals surface area (Å²) in [5, 5.41) is 8.88. The Balaban J connectivity index is 1.95. The van der Waals surface area contributed by atoms with Crippen molar-refractivity contribution in [3.05, 3.63) is 41.5 Å². The number of hydrogen-bond donors (Lipinski definition) is 1. The first kappa shape index (κ1) is 15.2. The van der Waals surface area contributed by atoms with Crippen LogP contribution in [-0.4, -0.2) is 35.0 Å². The minimum atomic E-state index is -0.840. The van der Waals surface area contributed by atoms with Gasteiger partial charge in [0, 0.05) is 25.2 Å². The number of carbonyl (C=O) groups excluding carboxylic acids is 1. The molecular weight excluding hydrogens is 280 g/mol. The first-order valence-electron chi connectivity index (χ1n) is 6.61. The Bertz CT molecular complexity index is 558. The van der Waals surface area contributed by atoms with E-state index in [0.717, 1.165) is 18.2 Å². The predicted molar refractivity (Wildman–Crippen MR) is 72.3 cm³/mol. The van der Waals surface area contributed by atoms with Crippen molar-refractivity contribution in [2.75, 3.05) is 13.1 Å². The molecule has 1 aliphatic rings. The summed E-state index contributed by atoms with van der Waals surface area (Å²) >= 11 is 0. The average molecular weight is 295 g/mol. The molecular formula is C15H15F2NO3. The highest BCUT2D eigenvalue weighted by Crippen LogP contribution is 2.18. The van der Waals surface area contributed by atoms with Crippen LogP contribution in [0.4, 0.5) is 8.78 Å². The fraction of sp³-hybridized carbons (Fsp3) is 0.333. The molecule has 1 saturated heterocycles. The summed E-state index contributed by atoms with van der Waals surface area (Å²) in [5.41, 5.74) is 0.265. The van der Waals surface area contributed by atoms with Gasteiger partial charge in [0.2, 0.25) is 5.91 Å². The van der Waals surface area contributed by atoms with Crippen LogP contribution >= 0.6 is 0 Å². The van der Waals surface area contributed by atoms with E-state index in [4.69, 9.17) is 5.11 Å². The van der Waals surface area contributed by atoms with Gasteiger partial charge < -0.3 is 10.0 Å². The van der Waals surface area contributed by atoms with E-state index in [1.165, 1.54) is 17.1 Å². The highest BCUT2D eigenvalue weighted by molar-refractivity contribution is 5.92. The molecule has 1 amide bonds. The normalized spacial score (nSPS) is 16.4. The van der Waals surface area contributed by atoms with Gasteiger partial charge in [0.05, 0.1) is 5.92 Å². The monoisotopic (exact) mass is 295 g/mol. The van der Waals surface area contributed by atoms with Crippen LogP contribution in [0, 0.1) is 17.6 Å². The van der Waals surface area contributed by atoms with Crippen molar-refractivity contribution in [1.29, 1.82) is 0 Å². The molecule has 0 aromatic heterocycles. The molecule has 112 valence electrons. The van der Waals surface area contributed by atoms with Gasteiger partial charge in [-0.2, -0.15) is 0 Å². The average Bonchev–Trinajstić information content (AvgIpc) is 2.44. The molecule has 1 aromatic rings. The summed E-state index contributed by atoms with van der Waals surface area (Å²) in [5.74, 6) is -2.94. The van der Waals surface area contributed by atoms with Crippen molar-refractivity contribution in [3.8, 4) is 0 Å². The lowest BCUT2D eigenvalue weighted by Crippen LogP contribution is -2.39. The van der Waals surface area contributed by atoms with E-state index in [0.29, 0.717) is 25.9 Å². The van der Waals surface area contributed by atoms with Crippen LogP contribution in [-0.2, 0) is 9.59 Å². The Morgan fingerprint density at radius 2 is 1.71 bits per heavy atom. The zero-order chi connectivity index (χ0) is 15.4. The molecule has 0 spiro atoms. The molecule has 2 rings (SSSR count). The van der Waals surface area contributed by atoms with Gasteiger partial charge >= 0.3 is 5.97 Å². The molecule has 1 N–H and O–H groups in total. The third-order valence-corrected chi connectivity index (χ3v) is 3.46. The largest absolute Gasteiger partial charge is 0.481 e. The van der Waals surface area contributed by atoms with E-state index in [1.807, 2.05) is 0 Å². The van der Waals surface area contributed by atoms with Crippen LogP contribution in [0.5, 0.6) is 0 Å². The number of benzene rings is 1. The standard InChI is InChI=1S/C15H15F2NO3/c16-12-7-10(8-13(17)9-12)1-2-14(19)18-5-3-11(4-6-18)15(20)21/h1-2,7-9,11H,3-6H2,(H,20,21)/b2-1+. The summed E-state index contributed by atoms with van der Waals surface area (Å²) in [6.45, 7) is 0.745. The fourth-order valence-corrected chi connectivity index (χ4v) is 2.29. The van der Waals surface area contributed by atoms with Gasteiger partial charge in [0.25, 0.3) is 0 Å². The molecule has 0 bridgehead atoms. The van der Waals surface area contributed by atoms with E-state index >= 15 is 0 Å². The number of aliphatic carboxylic acids is 1. The fourth-order valence-electron chi connectivity index (χ4n) is 2.29. The predicted octanol–water partition coefficient (Wildman–Crippen LogP) is 2.30. The summed E-state index contributed by atoms with van der Waals surface area (Å²) in [6, 6.07) is 3.02. The molecule has 0 unspecified atom stereocenters. The van der Waals surface area contributed by atoms with Crippen molar-refractivity contribution in [2.45, 2.75) is 12.8 Å². The highest BCUT2D eigenvalue weighted by Gasteiger charge is 2.25. The molecule has 0 saturated carbocycles. The summed E-state index contributed by atoms with van der Waals surface area (Å²) in [7, 11) is 0. The van der Waals surface area contributed by atoms with E-state index in [-0.39, 0.29) is 11.5 Å². The third-order valence-electron chi connectivity index (χ3n) is 3.46. The van der Waals surface area contributed by atoms with E-state index in [9.17, 15) is 18.4 Å². The number of likely N-dealkylation sites (tertiary alicyclic amines) is 1. The maximum atomic E-state index is 13.0. The summed E-state index contributed by atoms with van der Waals surface area (Å²) in [4.78, 5) is 24.3. The third kappa shape index (κ3) is 4.11. The second-order valence-corrected chi connectivity index (χ2v) is 4.97. The lowest BCUT2D eigenvalue weighted by atomic mass is 9.97. The van der Waals surface area contributed by atoms with Gasteiger partial charge in [-0.3, -0.25) is 9.59 Å². The Labute approximate surface area is 120 Å². The maximum absolute atomic E-state index is 13.0. The van der Waals surface area contributed by atoms with Crippen LogP contribution < -0.4 is 0 Å².